The third-order valence-corrected chi connectivity index (χ3v) is 4.15. The third kappa shape index (κ3) is 3.21. The molecule has 2 aromatic carbocycles. The van der Waals surface area contributed by atoms with Crippen molar-refractivity contribution in [3.63, 3.8) is 0 Å². The molecule has 0 unspecified atom stereocenters. The number of rotatable bonds is 4. The molecule has 3 rings (SSSR count). The fourth-order valence-electron chi connectivity index (χ4n) is 2.70. The van der Waals surface area contributed by atoms with E-state index in [0.717, 1.165) is 10.4 Å². The van der Waals surface area contributed by atoms with Gasteiger partial charge in [-0.1, -0.05) is 18.2 Å². The Bertz CT molecular complexity index is 1050. The van der Waals surface area contributed by atoms with Gasteiger partial charge in [0, 0.05) is 30.7 Å². The van der Waals surface area contributed by atoms with Crippen LogP contribution in [0.3, 0.4) is 0 Å². The van der Waals surface area contributed by atoms with E-state index < -0.39 is 11.5 Å². The molecular weight excluding hydrogens is 330 g/mol. The van der Waals surface area contributed by atoms with Gasteiger partial charge in [0.25, 0.3) is 11.5 Å². The fourth-order valence-corrected chi connectivity index (χ4v) is 2.70. The molecule has 3 aromatic rings. The van der Waals surface area contributed by atoms with Crippen LogP contribution in [0.15, 0.2) is 59.4 Å². The highest BCUT2D eigenvalue weighted by Crippen LogP contribution is 2.15. The maximum atomic E-state index is 12.7. The molecule has 1 N–H and O–H groups in total. The zero-order valence-corrected chi connectivity index (χ0v) is 14.8. The van der Waals surface area contributed by atoms with Crippen molar-refractivity contribution in [1.82, 2.24) is 4.68 Å². The number of nitrogens with one attached hydrogen (secondary N) is 1. The molecule has 0 saturated carbocycles. The van der Waals surface area contributed by atoms with E-state index >= 15 is 0 Å². The number of hydrogen-bond donors (Lipinski definition) is 1. The lowest BCUT2D eigenvalue weighted by Crippen LogP contribution is -2.35. The molecule has 0 aliphatic heterocycles. The molecule has 0 aliphatic carbocycles. The minimum absolute atomic E-state index is 0.0342. The number of nitrogens with zero attached hydrogens (tertiary/aromatic N) is 2. The second kappa shape index (κ2) is 6.84. The van der Waals surface area contributed by atoms with Gasteiger partial charge in [-0.3, -0.25) is 19.8 Å². The van der Waals surface area contributed by atoms with Crippen LogP contribution in [0.4, 0.5) is 5.69 Å². The number of anilines is 1. The smallest absolute Gasteiger partial charge is 0.280 e. The van der Waals surface area contributed by atoms with Crippen LogP contribution < -0.4 is 15.9 Å². The second-order valence-corrected chi connectivity index (χ2v) is 6.20. The average molecular weight is 349 g/mol. The highest BCUT2D eigenvalue weighted by molar-refractivity contribution is 6.02. The molecule has 0 fully saturated rings. The van der Waals surface area contributed by atoms with E-state index in [-0.39, 0.29) is 11.3 Å². The topological polar surface area (TPSA) is 71.4 Å². The Kier molecular flexibility index (Phi) is 4.58. The number of carbonyl (C=O) groups excluding carboxylic acids is 2. The molecule has 1 heterocycles. The summed E-state index contributed by atoms with van der Waals surface area (Å²) in [5.41, 5.74) is 4.01. The molecule has 1 aromatic heterocycles. The quantitative estimate of drug-likeness (QED) is 0.735. The van der Waals surface area contributed by atoms with E-state index in [1.807, 2.05) is 37.2 Å². The number of ketones is 1. The van der Waals surface area contributed by atoms with Crippen molar-refractivity contribution < 1.29 is 9.59 Å². The summed E-state index contributed by atoms with van der Waals surface area (Å²) in [5, 5.41) is 0.695. The van der Waals surface area contributed by atoms with E-state index in [9.17, 15) is 14.4 Å². The molecule has 26 heavy (non-hydrogen) atoms. The van der Waals surface area contributed by atoms with Crippen LogP contribution in [-0.4, -0.2) is 30.5 Å². The Morgan fingerprint density at radius 2 is 1.65 bits per heavy atom. The van der Waals surface area contributed by atoms with Gasteiger partial charge in [0.05, 0.1) is 11.1 Å². The van der Waals surface area contributed by atoms with Crippen molar-refractivity contribution >= 4 is 28.3 Å². The van der Waals surface area contributed by atoms with Crippen LogP contribution in [0.25, 0.3) is 10.9 Å². The third-order valence-electron chi connectivity index (χ3n) is 4.15. The van der Waals surface area contributed by atoms with Gasteiger partial charge in [-0.25, -0.2) is 4.68 Å². The number of fused-ring (bicyclic) bond motifs is 1. The maximum absolute atomic E-state index is 12.7. The summed E-state index contributed by atoms with van der Waals surface area (Å²) in [6.45, 7) is 1.33. The fraction of sp³-hybridized carbons (Fsp3) is 0.150. The van der Waals surface area contributed by atoms with E-state index in [2.05, 4.69) is 5.43 Å². The first-order valence-electron chi connectivity index (χ1n) is 8.13. The van der Waals surface area contributed by atoms with Crippen molar-refractivity contribution in [1.29, 1.82) is 0 Å². The number of hydrogen-bond acceptors (Lipinski definition) is 4. The highest BCUT2D eigenvalue weighted by Gasteiger charge is 2.15. The molecule has 0 bridgehead atoms. The Balaban J connectivity index is 2.05. The molecule has 132 valence electrons. The van der Waals surface area contributed by atoms with Gasteiger partial charge in [-0.15, -0.1) is 0 Å². The van der Waals surface area contributed by atoms with Gasteiger partial charge in [0.15, 0.2) is 5.78 Å². The van der Waals surface area contributed by atoms with Gasteiger partial charge in [-0.05, 0) is 43.3 Å². The van der Waals surface area contributed by atoms with Crippen LogP contribution >= 0.6 is 0 Å². The summed E-state index contributed by atoms with van der Waals surface area (Å²) >= 11 is 0. The molecule has 0 spiro atoms. The van der Waals surface area contributed by atoms with Gasteiger partial charge < -0.3 is 4.90 Å². The van der Waals surface area contributed by atoms with Gasteiger partial charge >= 0.3 is 0 Å². The molecule has 0 aliphatic rings. The first-order chi connectivity index (χ1) is 12.4. The van der Waals surface area contributed by atoms with Crippen molar-refractivity contribution in [2.45, 2.75) is 6.92 Å². The van der Waals surface area contributed by atoms with E-state index in [1.165, 1.54) is 6.92 Å². The van der Waals surface area contributed by atoms with Gasteiger partial charge in [0.2, 0.25) is 0 Å². The van der Waals surface area contributed by atoms with E-state index in [1.54, 1.807) is 36.4 Å². The maximum Gasteiger partial charge on any atom is 0.280 e. The normalized spacial score (nSPS) is 10.6. The van der Waals surface area contributed by atoms with Crippen LogP contribution in [0.5, 0.6) is 0 Å². The molecular formula is C20H19N3O3. The number of Topliss-reactive ketones (excluding diaryl/α,β-unsaturated/α-hetero) is 1. The molecule has 0 atom stereocenters. The molecule has 0 radical (unpaired) electrons. The average Bonchev–Trinajstić information content (AvgIpc) is 2.63. The first-order valence-corrected chi connectivity index (χ1v) is 8.13. The number of carbonyl (C=O) groups is 2. The zero-order chi connectivity index (χ0) is 18.8. The summed E-state index contributed by atoms with van der Waals surface area (Å²) in [5.74, 6) is -0.776. The summed E-state index contributed by atoms with van der Waals surface area (Å²) < 4.78 is 1.13. The largest absolute Gasteiger partial charge is 0.378 e. The number of pyridine rings is 1. The highest BCUT2D eigenvalue weighted by atomic mass is 16.2. The Morgan fingerprint density at radius 1 is 1.00 bits per heavy atom. The SMILES string of the molecule is CC(=O)c1cc2ccccc2n(NC(=O)c2ccc(N(C)C)cc2)c1=O. The summed E-state index contributed by atoms with van der Waals surface area (Å²) in [6, 6.07) is 15.6. The summed E-state index contributed by atoms with van der Waals surface area (Å²) in [7, 11) is 3.82. The molecule has 0 saturated heterocycles. The van der Waals surface area contributed by atoms with Crippen LogP contribution in [0.1, 0.15) is 27.6 Å². The van der Waals surface area contributed by atoms with Crippen LogP contribution in [0, 0.1) is 0 Å². The standard InChI is InChI=1S/C20H19N3O3/c1-13(24)17-12-15-6-4-5-7-18(15)23(20(17)26)21-19(25)14-8-10-16(11-9-14)22(2)3/h4-12H,1-3H3,(H,21,25). The molecule has 1 amide bonds. The van der Waals surface area contributed by atoms with Crippen molar-refractivity contribution in [3.05, 3.63) is 76.1 Å². The number of benzene rings is 2. The lowest BCUT2D eigenvalue weighted by molar-refractivity contribution is 0.0995. The summed E-state index contributed by atoms with van der Waals surface area (Å²) in [6.07, 6.45) is 0. The first kappa shape index (κ1) is 17.4. The number of aromatic nitrogens is 1. The van der Waals surface area contributed by atoms with Crippen molar-refractivity contribution in [2.24, 2.45) is 0 Å². The van der Waals surface area contributed by atoms with Crippen molar-refractivity contribution in [3.8, 4) is 0 Å². The van der Waals surface area contributed by atoms with Gasteiger partial charge in [-0.2, -0.15) is 0 Å². The lowest BCUT2D eigenvalue weighted by atomic mass is 10.1. The second-order valence-electron chi connectivity index (χ2n) is 6.20. The molecule has 6 nitrogen and oxygen atoms in total. The Hall–Kier alpha value is -3.41. The van der Waals surface area contributed by atoms with Crippen LogP contribution in [-0.2, 0) is 0 Å². The van der Waals surface area contributed by atoms with Crippen LogP contribution in [0.2, 0.25) is 0 Å². The van der Waals surface area contributed by atoms with Crippen molar-refractivity contribution in [2.75, 3.05) is 24.4 Å². The van der Waals surface area contributed by atoms with E-state index in [0.29, 0.717) is 16.5 Å². The minimum atomic E-state index is -0.547. The Morgan fingerprint density at radius 3 is 2.27 bits per heavy atom. The summed E-state index contributed by atoms with van der Waals surface area (Å²) in [4.78, 5) is 39.0. The zero-order valence-electron chi connectivity index (χ0n) is 14.8. The predicted octanol–water partition coefficient (Wildman–Crippen LogP) is 2.65. The van der Waals surface area contributed by atoms with E-state index in [4.69, 9.17) is 0 Å². The number of amides is 1. The predicted molar refractivity (Wildman–Crippen MR) is 103 cm³/mol. The van der Waals surface area contributed by atoms with Gasteiger partial charge in [0.1, 0.15) is 0 Å². The molecule has 6 heteroatoms. The lowest BCUT2D eigenvalue weighted by Gasteiger charge is -2.15. The minimum Gasteiger partial charge on any atom is -0.378 e. The monoisotopic (exact) mass is 349 g/mol. The Labute approximate surface area is 150 Å². The number of para-hydroxylation sites is 1.